The Kier molecular flexibility index (Phi) is 3.76. The molecular formula is C21H24N2O3S. The maximum atomic E-state index is 13.0. The van der Waals surface area contributed by atoms with Crippen molar-refractivity contribution in [2.75, 3.05) is 10.8 Å². The Balaban J connectivity index is 1.37. The highest BCUT2D eigenvalue weighted by molar-refractivity contribution is 7.93. The van der Waals surface area contributed by atoms with E-state index in [1.165, 1.54) is 30.0 Å². The van der Waals surface area contributed by atoms with Crippen LogP contribution in [0.2, 0.25) is 0 Å². The second-order valence-corrected chi connectivity index (χ2v) is 10.2. The van der Waals surface area contributed by atoms with Gasteiger partial charge in [-0.05, 0) is 61.5 Å². The lowest BCUT2D eigenvalue weighted by molar-refractivity contribution is -0.120. The van der Waals surface area contributed by atoms with Gasteiger partial charge in [-0.2, -0.15) is 0 Å². The zero-order valence-electron chi connectivity index (χ0n) is 15.4. The van der Waals surface area contributed by atoms with Gasteiger partial charge < -0.3 is 5.32 Å². The number of rotatable bonds is 4. The van der Waals surface area contributed by atoms with Crippen molar-refractivity contribution in [2.24, 2.45) is 17.8 Å². The summed E-state index contributed by atoms with van der Waals surface area (Å²) in [5, 5.41) is 4.68. The Morgan fingerprint density at radius 3 is 2.67 bits per heavy atom. The lowest BCUT2D eigenvalue weighted by Gasteiger charge is -2.29. The molecular weight excluding hydrogens is 360 g/mol. The number of benzene rings is 2. The van der Waals surface area contributed by atoms with Crippen LogP contribution in [-0.2, 0) is 14.8 Å². The smallest absolute Gasteiger partial charge is 0.265 e. The number of fused-ring (bicyclic) bond motifs is 2. The van der Waals surface area contributed by atoms with E-state index in [9.17, 15) is 13.2 Å². The molecule has 0 saturated heterocycles. The van der Waals surface area contributed by atoms with Gasteiger partial charge in [0.15, 0.2) is 0 Å². The van der Waals surface area contributed by atoms with Crippen molar-refractivity contribution in [1.29, 1.82) is 0 Å². The number of nitrogens with one attached hydrogen (secondary N) is 1. The third-order valence-corrected chi connectivity index (χ3v) is 8.59. The molecule has 142 valence electrons. The molecule has 0 aromatic heterocycles. The molecule has 3 aliphatic rings. The Hall–Kier alpha value is -2.08. The maximum Gasteiger partial charge on any atom is 0.265 e. The summed E-state index contributed by atoms with van der Waals surface area (Å²) in [4.78, 5) is 13.0. The van der Waals surface area contributed by atoms with Gasteiger partial charge in [0.25, 0.3) is 10.0 Å². The first-order chi connectivity index (χ1) is 12.9. The molecule has 1 heterocycles. The second kappa shape index (κ2) is 5.96. The molecule has 2 aromatic carbocycles. The molecule has 2 saturated carbocycles. The molecule has 2 aromatic rings. The van der Waals surface area contributed by atoms with E-state index in [-0.39, 0.29) is 18.5 Å². The van der Waals surface area contributed by atoms with E-state index in [1.807, 2.05) is 18.2 Å². The van der Waals surface area contributed by atoms with Gasteiger partial charge in [0.1, 0.15) is 6.54 Å². The zero-order chi connectivity index (χ0) is 18.8. The highest BCUT2D eigenvalue weighted by Gasteiger charge is 2.42. The van der Waals surface area contributed by atoms with Gasteiger partial charge in [0.05, 0.1) is 10.6 Å². The van der Waals surface area contributed by atoms with Crippen molar-refractivity contribution >= 4 is 32.4 Å². The highest BCUT2D eigenvalue weighted by atomic mass is 32.2. The number of carbonyl (C=O) groups excluding carboxylic acids is 1. The molecule has 5 nitrogen and oxygen atoms in total. The fourth-order valence-electron chi connectivity index (χ4n) is 5.57. The van der Waals surface area contributed by atoms with Gasteiger partial charge in [-0.25, -0.2) is 8.42 Å². The summed E-state index contributed by atoms with van der Waals surface area (Å²) in [5.41, 5.74) is 0.603. The van der Waals surface area contributed by atoms with Crippen LogP contribution in [0.25, 0.3) is 10.8 Å². The van der Waals surface area contributed by atoms with Crippen molar-refractivity contribution in [2.45, 2.75) is 43.5 Å². The second-order valence-electron chi connectivity index (χ2n) is 8.34. The molecule has 2 aliphatic carbocycles. The minimum absolute atomic E-state index is 0.0938. The van der Waals surface area contributed by atoms with Crippen molar-refractivity contribution in [1.82, 2.24) is 5.32 Å². The third-order valence-electron chi connectivity index (χ3n) is 6.79. The van der Waals surface area contributed by atoms with Gasteiger partial charge in [-0.15, -0.1) is 0 Å². The average molecular weight is 385 g/mol. The number of hydrogen-bond acceptors (Lipinski definition) is 3. The quantitative estimate of drug-likeness (QED) is 0.880. The van der Waals surface area contributed by atoms with E-state index in [2.05, 4.69) is 12.2 Å². The van der Waals surface area contributed by atoms with Crippen LogP contribution < -0.4 is 9.62 Å². The van der Waals surface area contributed by atoms with Crippen LogP contribution in [-0.4, -0.2) is 26.9 Å². The van der Waals surface area contributed by atoms with Crippen LogP contribution >= 0.6 is 0 Å². The number of amides is 1. The first-order valence-corrected chi connectivity index (χ1v) is 11.2. The maximum absolute atomic E-state index is 13.0. The number of anilines is 1. The van der Waals surface area contributed by atoms with Crippen LogP contribution in [0.5, 0.6) is 0 Å². The Morgan fingerprint density at radius 1 is 1.19 bits per heavy atom. The van der Waals surface area contributed by atoms with Crippen molar-refractivity contribution in [3.05, 3.63) is 36.4 Å². The molecule has 4 atom stereocenters. The zero-order valence-corrected chi connectivity index (χ0v) is 16.2. The van der Waals surface area contributed by atoms with E-state index in [1.54, 1.807) is 18.2 Å². The van der Waals surface area contributed by atoms with Crippen molar-refractivity contribution < 1.29 is 13.2 Å². The molecule has 1 amide bonds. The molecule has 5 rings (SSSR count). The van der Waals surface area contributed by atoms with Gasteiger partial charge in [0, 0.05) is 11.4 Å². The van der Waals surface area contributed by atoms with Gasteiger partial charge >= 0.3 is 0 Å². The van der Waals surface area contributed by atoms with E-state index < -0.39 is 10.0 Å². The van der Waals surface area contributed by atoms with Gasteiger partial charge in [-0.1, -0.05) is 30.7 Å². The normalized spacial score (nSPS) is 28.6. The summed E-state index contributed by atoms with van der Waals surface area (Å²) in [7, 11) is -3.68. The highest BCUT2D eigenvalue weighted by Crippen LogP contribution is 2.49. The summed E-state index contributed by atoms with van der Waals surface area (Å²) in [6, 6.07) is 10.9. The fourth-order valence-corrected chi connectivity index (χ4v) is 7.24. The van der Waals surface area contributed by atoms with Crippen LogP contribution in [0, 0.1) is 17.8 Å². The van der Waals surface area contributed by atoms with E-state index >= 15 is 0 Å². The predicted octanol–water partition coefficient (Wildman–Crippen LogP) is 3.29. The van der Waals surface area contributed by atoms with E-state index in [0.717, 1.165) is 17.2 Å². The topological polar surface area (TPSA) is 66.5 Å². The summed E-state index contributed by atoms with van der Waals surface area (Å²) >= 11 is 0. The Morgan fingerprint density at radius 2 is 1.96 bits per heavy atom. The van der Waals surface area contributed by atoms with Gasteiger partial charge in [-0.3, -0.25) is 9.10 Å². The first kappa shape index (κ1) is 17.0. The molecule has 2 fully saturated rings. The first-order valence-electron chi connectivity index (χ1n) is 9.79. The van der Waals surface area contributed by atoms with E-state index in [4.69, 9.17) is 0 Å². The standard InChI is InChI=1S/C21H24N2O3S/c1-13(17-11-14-8-9-16(17)10-14)22-20(24)12-23-18-6-2-4-15-5-3-7-19(21(15)18)27(23,25)26/h2-7,13-14,16-17H,8-12H2,1H3,(H,22,24). The van der Waals surface area contributed by atoms with Crippen molar-refractivity contribution in [3.63, 3.8) is 0 Å². The van der Waals surface area contributed by atoms with Crippen LogP contribution in [0.1, 0.15) is 32.6 Å². The summed E-state index contributed by atoms with van der Waals surface area (Å²) in [5.74, 6) is 1.85. The number of sulfonamides is 1. The van der Waals surface area contributed by atoms with E-state index in [0.29, 0.717) is 21.9 Å². The largest absolute Gasteiger partial charge is 0.352 e. The number of carbonyl (C=O) groups is 1. The summed E-state index contributed by atoms with van der Waals surface area (Å²) < 4.78 is 27.2. The number of hydrogen-bond donors (Lipinski definition) is 1. The molecule has 0 spiro atoms. The SMILES string of the molecule is CC(NC(=O)CN1c2cccc3cccc(c23)S1(=O)=O)C1CC2CCC1C2. The molecule has 27 heavy (non-hydrogen) atoms. The van der Waals surface area contributed by atoms with Crippen LogP contribution in [0.15, 0.2) is 41.3 Å². The summed E-state index contributed by atoms with van der Waals surface area (Å²) in [6.07, 6.45) is 5.09. The molecule has 0 radical (unpaired) electrons. The summed E-state index contributed by atoms with van der Waals surface area (Å²) in [6.45, 7) is 1.90. The minimum atomic E-state index is -3.68. The average Bonchev–Trinajstić information content (AvgIpc) is 3.33. The third kappa shape index (κ3) is 2.57. The monoisotopic (exact) mass is 384 g/mol. The van der Waals surface area contributed by atoms with Crippen molar-refractivity contribution in [3.8, 4) is 0 Å². The lowest BCUT2D eigenvalue weighted by Crippen LogP contribution is -2.45. The Bertz CT molecular complexity index is 1030. The Labute approximate surface area is 159 Å². The molecule has 2 bridgehead atoms. The van der Waals surface area contributed by atoms with Crippen LogP contribution in [0.3, 0.4) is 0 Å². The minimum Gasteiger partial charge on any atom is -0.352 e. The number of nitrogens with zero attached hydrogens (tertiary/aromatic N) is 1. The molecule has 4 unspecified atom stereocenters. The van der Waals surface area contributed by atoms with Crippen LogP contribution in [0.4, 0.5) is 5.69 Å². The molecule has 6 heteroatoms. The predicted molar refractivity (Wildman–Crippen MR) is 105 cm³/mol. The molecule has 1 aliphatic heterocycles. The fraction of sp³-hybridized carbons (Fsp3) is 0.476. The van der Waals surface area contributed by atoms with Gasteiger partial charge in [0.2, 0.25) is 5.91 Å². The lowest BCUT2D eigenvalue weighted by atomic mass is 9.84. The molecule has 1 N–H and O–H groups in total.